The largest absolute Gasteiger partial charge is 0.481 e. The van der Waals surface area contributed by atoms with Gasteiger partial charge in [-0.25, -0.2) is 4.79 Å². The van der Waals surface area contributed by atoms with E-state index in [1.165, 1.54) is 23.1 Å². The monoisotopic (exact) mass is 416 g/mol. The topological polar surface area (TPSA) is 110 Å². The number of non-ortho nitro benzene ring substituents is 1. The summed E-state index contributed by atoms with van der Waals surface area (Å²) in [5, 5.41) is 19.8. The minimum absolute atomic E-state index is 0.150. The van der Waals surface area contributed by atoms with Gasteiger partial charge in [-0.15, -0.1) is 0 Å². The zero-order valence-corrected chi connectivity index (χ0v) is 15.7. The number of thiocarbonyl (C=S) groups is 1. The van der Waals surface area contributed by atoms with Gasteiger partial charge in [0.2, 0.25) is 0 Å². The number of carbonyl (C=O) groups is 2. The van der Waals surface area contributed by atoms with Gasteiger partial charge < -0.3 is 9.84 Å². The third-order valence-electron chi connectivity index (χ3n) is 3.65. The van der Waals surface area contributed by atoms with Gasteiger partial charge in [-0.1, -0.05) is 48.2 Å². The molecule has 142 valence electrons. The summed E-state index contributed by atoms with van der Waals surface area (Å²) in [6.45, 7) is -0.514. The van der Waals surface area contributed by atoms with E-state index in [9.17, 15) is 19.7 Å². The van der Waals surface area contributed by atoms with Gasteiger partial charge in [0, 0.05) is 17.7 Å². The molecule has 1 amide bonds. The summed E-state index contributed by atoms with van der Waals surface area (Å²) in [5.74, 6) is -1.24. The molecule has 10 heteroatoms. The second-order valence-corrected chi connectivity index (χ2v) is 7.19. The molecule has 1 heterocycles. The second kappa shape index (κ2) is 8.19. The number of carboxylic acid groups (broad SMARTS) is 1. The van der Waals surface area contributed by atoms with Gasteiger partial charge in [-0.05, 0) is 18.2 Å². The average Bonchev–Trinajstić information content (AvgIpc) is 2.94. The number of hydrogen-bond acceptors (Lipinski definition) is 7. The number of nitro groups is 1. The number of nitrogens with zero attached hydrogens (tertiary/aromatic N) is 2. The number of anilines is 1. The van der Waals surface area contributed by atoms with Crippen LogP contribution in [-0.2, 0) is 9.59 Å². The first kappa shape index (κ1) is 19.5. The maximum Gasteiger partial charge on any atom is 0.341 e. The number of carbonyl (C=O) groups excluding carboxylic acids is 1. The molecule has 0 atom stereocenters. The Hall–Kier alpha value is -3.24. The molecule has 1 N–H and O–H groups in total. The van der Waals surface area contributed by atoms with Crippen LogP contribution < -0.4 is 9.64 Å². The van der Waals surface area contributed by atoms with Crippen LogP contribution in [-0.4, -0.2) is 32.8 Å². The fraction of sp³-hybridized carbons (Fsp3) is 0.0556. The molecule has 2 aromatic carbocycles. The molecule has 1 aliphatic heterocycles. The van der Waals surface area contributed by atoms with Crippen LogP contribution in [0.15, 0.2) is 53.4 Å². The molecule has 1 saturated heterocycles. The molecule has 3 rings (SSSR count). The van der Waals surface area contributed by atoms with Gasteiger partial charge in [0.1, 0.15) is 5.75 Å². The molecule has 8 nitrogen and oxygen atoms in total. The summed E-state index contributed by atoms with van der Waals surface area (Å²) in [6.07, 6.45) is 1.55. The quantitative estimate of drug-likeness (QED) is 0.330. The molecule has 28 heavy (non-hydrogen) atoms. The van der Waals surface area contributed by atoms with Gasteiger partial charge in [0.05, 0.1) is 15.5 Å². The van der Waals surface area contributed by atoms with Crippen LogP contribution >= 0.6 is 24.0 Å². The average molecular weight is 416 g/mol. The van der Waals surface area contributed by atoms with Crippen molar-refractivity contribution >= 4 is 57.6 Å². The number of benzene rings is 2. The summed E-state index contributed by atoms with van der Waals surface area (Å²) < 4.78 is 5.48. The van der Waals surface area contributed by atoms with Crippen molar-refractivity contribution < 1.29 is 24.4 Å². The van der Waals surface area contributed by atoms with E-state index in [0.29, 0.717) is 21.9 Å². The lowest BCUT2D eigenvalue weighted by Gasteiger charge is -2.14. The Bertz CT molecular complexity index is 1020. The molecule has 0 unspecified atom stereocenters. The first-order valence-corrected chi connectivity index (χ1v) is 9.05. The van der Waals surface area contributed by atoms with E-state index in [1.54, 1.807) is 36.4 Å². The van der Waals surface area contributed by atoms with Gasteiger partial charge in [-0.2, -0.15) is 0 Å². The lowest BCUT2D eigenvalue weighted by molar-refractivity contribution is -0.384. The highest BCUT2D eigenvalue weighted by Gasteiger charge is 2.34. The minimum Gasteiger partial charge on any atom is -0.481 e. The summed E-state index contributed by atoms with van der Waals surface area (Å²) >= 11 is 6.31. The first-order valence-electron chi connectivity index (χ1n) is 7.83. The van der Waals surface area contributed by atoms with Crippen molar-refractivity contribution in [3.8, 4) is 5.75 Å². The maximum atomic E-state index is 12.8. The number of ether oxygens (including phenoxy) is 1. The number of rotatable bonds is 6. The van der Waals surface area contributed by atoms with E-state index in [4.69, 9.17) is 22.1 Å². The molecule has 0 spiro atoms. The molecule has 0 bridgehead atoms. The van der Waals surface area contributed by atoms with E-state index < -0.39 is 23.4 Å². The van der Waals surface area contributed by atoms with Gasteiger partial charge in [0.15, 0.2) is 10.9 Å². The van der Waals surface area contributed by atoms with Crippen LogP contribution in [0.4, 0.5) is 11.4 Å². The number of amides is 1. The van der Waals surface area contributed by atoms with E-state index in [2.05, 4.69) is 0 Å². The minimum atomic E-state index is -1.12. The summed E-state index contributed by atoms with van der Waals surface area (Å²) in [4.78, 5) is 35.5. The highest BCUT2D eigenvalue weighted by Crippen LogP contribution is 2.37. The number of thioether (sulfide) groups is 1. The van der Waals surface area contributed by atoms with Crippen LogP contribution in [0, 0.1) is 10.1 Å². The molecular formula is C18H12N2O6S2. The van der Waals surface area contributed by atoms with Crippen molar-refractivity contribution in [1.29, 1.82) is 0 Å². The summed E-state index contributed by atoms with van der Waals surface area (Å²) in [7, 11) is 0. The van der Waals surface area contributed by atoms with Crippen LogP contribution in [0.3, 0.4) is 0 Å². The fourth-order valence-corrected chi connectivity index (χ4v) is 3.74. The van der Waals surface area contributed by atoms with Gasteiger partial charge in [-0.3, -0.25) is 19.8 Å². The van der Waals surface area contributed by atoms with Crippen molar-refractivity contribution in [2.75, 3.05) is 11.5 Å². The predicted octanol–water partition coefficient (Wildman–Crippen LogP) is 3.46. The maximum absolute atomic E-state index is 12.8. The van der Waals surface area contributed by atoms with Crippen molar-refractivity contribution in [1.82, 2.24) is 0 Å². The number of carboxylic acids is 1. The van der Waals surface area contributed by atoms with Gasteiger partial charge in [0.25, 0.3) is 11.6 Å². The van der Waals surface area contributed by atoms with Crippen molar-refractivity contribution in [2.45, 2.75) is 0 Å². The second-order valence-electron chi connectivity index (χ2n) is 5.51. The molecule has 0 radical (unpaired) electrons. The van der Waals surface area contributed by atoms with Crippen molar-refractivity contribution in [2.24, 2.45) is 0 Å². The van der Waals surface area contributed by atoms with Crippen LogP contribution in [0.1, 0.15) is 5.56 Å². The Balaban J connectivity index is 1.91. The van der Waals surface area contributed by atoms with Crippen molar-refractivity contribution in [3.05, 3.63) is 69.1 Å². The highest BCUT2D eigenvalue weighted by molar-refractivity contribution is 8.27. The Labute approximate surface area is 168 Å². The highest BCUT2D eigenvalue weighted by atomic mass is 32.2. The molecule has 0 saturated carbocycles. The van der Waals surface area contributed by atoms with Crippen LogP contribution in [0.5, 0.6) is 5.75 Å². The lowest BCUT2D eigenvalue weighted by Crippen LogP contribution is -2.27. The standard InChI is InChI=1S/C18H12N2O6S2/c21-16(22)10-26-14-7-2-1-4-11(14)8-15-17(23)19(18(27)28-15)12-5-3-6-13(9-12)20(24)25/h1-9H,10H2,(H,21,22)/b15-8-. The van der Waals surface area contributed by atoms with E-state index in [0.717, 1.165) is 11.8 Å². The molecule has 2 aromatic rings. The van der Waals surface area contributed by atoms with E-state index >= 15 is 0 Å². The Kier molecular flexibility index (Phi) is 5.71. The molecule has 1 aliphatic rings. The van der Waals surface area contributed by atoms with Crippen molar-refractivity contribution in [3.63, 3.8) is 0 Å². The van der Waals surface area contributed by atoms with Crippen LogP contribution in [0.2, 0.25) is 0 Å². The Morgan fingerprint density at radius 1 is 1.29 bits per heavy atom. The summed E-state index contributed by atoms with van der Waals surface area (Å²) in [5.41, 5.74) is 0.668. The smallest absolute Gasteiger partial charge is 0.341 e. The summed E-state index contributed by atoms with van der Waals surface area (Å²) in [6, 6.07) is 12.3. The first-order chi connectivity index (χ1) is 13.4. The Morgan fingerprint density at radius 2 is 2.04 bits per heavy atom. The fourth-order valence-electron chi connectivity index (χ4n) is 2.45. The molecular weight excluding hydrogens is 404 g/mol. The zero-order valence-electron chi connectivity index (χ0n) is 14.1. The van der Waals surface area contributed by atoms with Gasteiger partial charge >= 0.3 is 5.97 Å². The molecule has 1 fully saturated rings. The third-order valence-corrected chi connectivity index (χ3v) is 4.95. The zero-order chi connectivity index (χ0) is 20.3. The number of hydrogen-bond donors (Lipinski definition) is 1. The SMILES string of the molecule is O=C(O)COc1ccccc1/C=C1\SC(=S)N(c2cccc([N+](=O)[O-])c2)C1=O. The number of aliphatic carboxylic acids is 1. The Morgan fingerprint density at radius 3 is 2.75 bits per heavy atom. The predicted molar refractivity (Wildman–Crippen MR) is 108 cm³/mol. The van der Waals surface area contributed by atoms with Crippen LogP contribution in [0.25, 0.3) is 6.08 Å². The lowest BCUT2D eigenvalue weighted by atomic mass is 10.2. The molecule has 0 aliphatic carbocycles. The van der Waals surface area contributed by atoms with E-state index in [-0.39, 0.29) is 10.0 Å². The molecule has 0 aromatic heterocycles. The normalized spacial score (nSPS) is 15.1. The number of nitro benzene ring substituents is 1. The number of para-hydroxylation sites is 1. The van der Waals surface area contributed by atoms with E-state index in [1.807, 2.05) is 0 Å². The third kappa shape index (κ3) is 4.18.